The van der Waals surface area contributed by atoms with E-state index in [0.29, 0.717) is 0 Å². The van der Waals surface area contributed by atoms with Gasteiger partial charge < -0.3 is 10.6 Å². The van der Waals surface area contributed by atoms with Crippen LogP contribution in [0.5, 0.6) is 0 Å². The van der Waals surface area contributed by atoms with Crippen molar-refractivity contribution in [2.45, 2.75) is 32.6 Å². The fourth-order valence-corrected chi connectivity index (χ4v) is 2.12. The van der Waals surface area contributed by atoms with Crippen molar-refractivity contribution in [2.24, 2.45) is 5.92 Å². The van der Waals surface area contributed by atoms with E-state index in [4.69, 9.17) is 0 Å². The van der Waals surface area contributed by atoms with Gasteiger partial charge in [0.2, 0.25) is 0 Å². The van der Waals surface area contributed by atoms with Crippen molar-refractivity contribution >= 4 is 0 Å². The van der Waals surface area contributed by atoms with Gasteiger partial charge in [-0.15, -0.1) is 0 Å². The number of hydrogen-bond acceptors (Lipinski definition) is 0. The van der Waals surface area contributed by atoms with Crippen molar-refractivity contribution in [1.29, 1.82) is 0 Å². The summed E-state index contributed by atoms with van der Waals surface area (Å²) < 4.78 is 0. The van der Waals surface area contributed by atoms with Crippen molar-refractivity contribution < 1.29 is 10.6 Å². The maximum atomic E-state index is 3.89. The van der Waals surface area contributed by atoms with Crippen LogP contribution in [-0.2, 0) is 0 Å². The molecule has 0 saturated carbocycles. The third-order valence-corrected chi connectivity index (χ3v) is 3.17. The van der Waals surface area contributed by atoms with Crippen LogP contribution in [0.4, 0.5) is 0 Å². The number of nitrogens with one attached hydrogen (secondary N) is 1. The maximum Gasteiger partial charge on any atom is 0.0825 e. The Morgan fingerprint density at radius 2 is 2.00 bits per heavy atom. The zero-order valence-electron chi connectivity index (χ0n) is 8.44. The molecule has 1 heterocycles. The molecule has 0 amide bonds. The van der Waals surface area contributed by atoms with Crippen molar-refractivity contribution in [3.8, 4) is 0 Å². The van der Waals surface area contributed by atoms with Gasteiger partial charge in [-0.05, 0) is 18.8 Å². The zero-order chi connectivity index (χ0) is 8.81. The molecule has 1 aliphatic heterocycles. The minimum absolute atomic E-state index is 1.04. The summed E-state index contributed by atoms with van der Waals surface area (Å²) in [4.78, 5) is 1.82. The second kappa shape index (κ2) is 5.55. The first-order chi connectivity index (χ1) is 5.86. The van der Waals surface area contributed by atoms with E-state index in [9.17, 15) is 0 Å². The van der Waals surface area contributed by atoms with Gasteiger partial charge in [0.1, 0.15) is 0 Å². The molecule has 0 unspecified atom stereocenters. The van der Waals surface area contributed by atoms with Crippen LogP contribution in [-0.4, -0.2) is 26.2 Å². The number of rotatable bonds is 4. The minimum Gasteiger partial charge on any atom is -0.357 e. The molecule has 1 fully saturated rings. The SMILES string of the molecule is CCC1CC[NH+](CCC[NH3+])CC1. The van der Waals surface area contributed by atoms with Crippen LogP contribution < -0.4 is 10.6 Å². The fraction of sp³-hybridized carbons (Fsp3) is 1.00. The highest BCUT2D eigenvalue weighted by atomic mass is 15.1. The smallest absolute Gasteiger partial charge is 0.0825 e. The summed E-state index contributed by atoms with van der Waals surface area (Å²) in [5, 5.41) is 0. The first kappa shape index (κ1) is 10.0. The zero-order valence-corrected chi connectivity index (χ0v) is 8.44. The Kier molecular flexibility index (Phi) is 4.62. The average Bonchev–Trinajstić information content (AvgIpc) is 2.15. The summed E-state index contributed by atoms with van der Waals surface area (Å²) in [5.74, 6) is 1.04. The number of piperidine rings is 1. The normalized spacial score (nSPS) is 30.5. The van der Waals surface area contributed by atoms with Crippen molar-refractivity contribution in [3.63, 3.8) is 0 Å². The summed E-state index contributed by atoms with van der Waals surface area (Å²) in [5.41, 5.74) is 3.89. The molecule has 0 aliphatic carbocycles. The van der Waals surface area contributed by atoms with E-state index in [2.05, 4.69) is 12.7 Å². The molecule has 0 atom stereocenters. The predicted octanol–water partition coefficient (Wildman–Crippen LogP) is -0.677. The highest BCUT2D eigenvalue weighted by Crippen LogP contribution is 2.12. The standard InChI is InChI=1S/C10H22N2/c1-2-10-4-8-12(9-5-10)7-3-6-11/h10H,2-9,11H2,1H3/p+2. The Labute approximate surface area is 76.1 Å². The summed E-state index contributed by atoms with van der Waals surface area (Å²) in [6, 6.07) is 0. The van der Waals surface area contributed by atoms with E-state index in [1.165, 1.54) is 45.3 Å². The molecule has 2 nitrogen and oxygen atoms in total. The lowest BCUT2D eigenvalue weighted by atomic mass is 9.94. The Morgan fingerprint density at radius 1 is 1.33 bits per heavy atom. The van der Waals surface area contributed by atoms with Gasteiger partial charge in [-0.25, -0.2) is 0 Å². The van der Waals surface area contributed by atoms with Crippen molar-refractivity contribution in [1.82, 2.24) is 0 Å². The first-order valence-electron chi connectivity index (χ1n) is 5.49. The van der Waals surface area contributed by atoms with Crippen LogP contribution in [0.25, 0.3) is 0 Å². The lowest BCUT2D eigenvalue weighted by Gasteiger charge is -2.28. The molecule has 0 aromatic heterocycles. The van der Waals surface area contributed by atoms with Gasteiger partial charge in [-0.1, -0.05) is 13.3 Å². The number of hydrogen-bond donors (Lipinski definition) is 2. The largest absolute Gasteiger partial charge is 0.357 e. The molecular weight excluding hydrogens is 148 g/mol. The van der Waals surface area contributed by atoms with Crippen molar-refractivity contribution in [3.05, 3.63) is 0 Å². The Bertz CT molecular complexity index is 106. The third-order valence-electron chi connectivity index (χ3n) is 3.17. The molecule has 0 aromatic rings. The summed E-state index contributed by atoms with van der Waals surface area (Å²) >= 11 is 0. The van der Waals surface area contributed by atoms with Gasteiger partial charge in [0.25, 0.3) is 0 Å². The van der Waals surface area contributed by atoms with Gasteiger partial charge >= 0.3 is 0 Å². The second-order valence-electron chi connectivity index (χ2n) is 4.06. The third kappa shape index (κ3) is 3.11. The van der Waals surface area contributed by atoms with Gasteiger partial charge in [0.05, 0.1) is 26.2 Å². The molecule has 2 heteroatoms. The lowest BCUT2D eigenvalue weighted by molar-refractivity contribution is -0.906. The van der Waals surface area contributed by atoms with E-state index in [1.54, 1.807) is 0 Å². The Morgan fingerprint density at radius 3 is 2.50 bits per heavy atom. The van der Waals surface area contributed by atoms with Gasteiger partial charge in [0, 0.05) is 6.42 Å². The van der Waals surface area contributed by atoms with Gasteiger partial charge in [0.15, 0.2) is 0 Å². The highest BCUT2D eigenvalue weighted by molar-refractivity contribution is 4.59. The fourth-order valence-electron chi connectivity index (χ4n) is 2.12. The molecule has 0 bridgehead atoms. The Balaban J connectivity index is 2.09. The monoisotopic (exact) mass is 172 g/mol. The van der Waals surface area contributed by atoms with Crippen LogP contribution >= 0.6 is 0 Å². The first-order valence-corrected chi connectivity index (χ1v) is 5.49. The summed E-state index contributed by atoms with van der Waals surface area (Å²) in [6.07, 6.45) is 5.63. The average molecular weight is 172 g/mol. The highest BCUT2D eigenvalue weighted by Gasteiger charge is 2.19. The van der Waals surface area contributed by atoms with Crippen LogP contribution in [0.15, 0.2) is 0 Å². The predicted molar refractivity (Wildman–Crippen MR) is 51.0 cm³/mol. The van der Waals surface area contributed by atoms with Gasteiger partial charge in [-0.2, -0.15) is 0 Å². The van der Waals surface area contributed by atoms with E-state index < -0.39 is 0 Å². The minimum atomic E-state index is 1.04. The van der Waals surface area contributed by atoms with Crippen LogP contribution in [0.2, 0.25) is 0 Å². The summed E-state index contributed by atoms with van der Waals surface area (Å²) in [6.45, 7) is 7.63. The lowest BCUT2D eigenvalue weighted by Crippen LogP contribution is -3.13. The van der Waals surface area contributed by atoms with E-state index >= 15 is 0 Å². The molecule has 0 spiro atoms. The molecular formula is C10H24N2+2. The number of quaternary nitrogens is 2. The van der Waals surface area contributed by atoms with Crippen molar-refractivity contribution in [2.75, 3.05) is 26.2 Å². The molecule has 12 heavy (non-hydrogen) atoms. The second-order valence-corrected chi connectivity index (χ2v) is 4.06. The molecule has 72 valence electrons. The molecule has 1 aliphatic rings. The molecule has 0 aromatic carbocycles. The van der Waals surface area contributed by atoms with E-state index in [0.717, 1.165) is 12.5 Å². The quantitative estimate of drug-likeness (QED) is 0.563. The molecule has 1 saturated heterocycles. The van der Waals surface area contributed by atoms with E-state index in [1.807, 2.05) is 4.90 Å². The molecule has 4 N–H and O–H groups in total. The number of likely N-dealkylation sites (tertiary alicyclic amines) is 1. The molecule has 1 rings (SSSR count). The van der Waals surface area contributed by atoms with Crippen LogP contribution in [0.3, 0.4) is 0 Å². The molecule has 0 radical (unpaired) electrons. The maximum absolute atomic E-state index is 3.89. The summed E-state index contributed by atoms with van der Waals surface area (Å²) in [7, 11) is 0. The van der Waals surface area contributed by atoms with Gasteiger partial charge in [-0.3, -0.25) is 0 Å². The van der Waals surface area contributed by atoms with Crippen LogP contribution in [0.1, 0.15) is 32.6 Å². The van der Waals surface area contributed by atoms with Crippen LogP contribution in [0, 0.1) is 5.92 Å². The van der Waals surface area contributed by atoms with E-state index in [-0.39, 0.29) is 0 Å². The topological polar surface area (TPSA) is 32.1 Å². The Hall–Kier alpha value is -0.0800.